The normalized spacial score (nSPS) is 12.3. The standard InChI is InChI=1S/C13H18N2P2.C2H6/c1-13(2,3)17-12-11(16-4)14-9-7-5-6-8-10(9)15-12;1-2/h5-8,16-17H,1-4H3;1-2H3. The molecule has 0 aliphatic heterocycles. The first-order chi connectivity index (χ1) is 8.99. The molecule has 0 saturated carbocycles. The lowest BCUT2D eigenvalue weighted by Crippen LogP contribution is -2.27. The molecule has 0 saturated heterocycles. The van der Waals surface area contributed by atoms with E-state index in [9.17, 15) is 0 Å². The Labute approximate surface area is 120 Å². The number of para-hydroxylation sites is 2. The van der Waals surface area contributed by atoms with E-state index in [2.05, 4.69) is 27.4 Å². The smallest absolute Gasteiger partial charge is 0.0894 e. The van der Waals surface area contributed by atoms with Crippen molar-refractivity contribution in [1.29, 1.82) is 0 Å². The first-order valence-electron chi connectivity index (χ1n) is 6.72. The van der Waals surface area contributed by atoms with E-state index in [0.29, 0.717) is 17.2 Å². The Balaban J connectivity index is 0.000000861. The third-order valence-corrected chi connectivity index (χ3v) is 4.71. The summed E-state index contributed by atoms with van der Waals surface area (Å²) >= 11 is 0. The molecule has 0 aliphatic carbocycles. The maximum absolute atomic E-state index is 4.79. The number of nitrogens with zero attached hydrogens (tertiary/aromatic N) is 2. The highest BCUT2D eigenvalue weighted by Crippen LogP contribution is 2.29. The predicted molar refractivity (Wildman–Crippen MR) is 92.5 cm³/mol. The molecule has 1 aromatic carbocycles. The molecule has 2 unspecified atom stereocenters. The Hall–Kier alpha value is -0.580. The van der Waals surface area contributed by atoms with Crippen molar-refractivity contribution in [3.05, 3.63) is 24.3 Å². The topological polar surface area (TPSA) is 25.8 Å². The quantitative estimate of drug-likeness (QED) is 0.789. The van der Waals surface area contributed by atoms with E-state index in [0.717, 1.165) is 11.0 Å². The van der Waals surface area contributed by atoms with Crippen molar-refractivity contribution in [1.82, 2.24) is 9.97 Å². The second-order valence-corrected chi connectivity index (χ2v) is 8.23. The van der Waals surface area contributed by atoms with Crippen molar-refractivity contribution in [2.45, 2.75) is 39.8 Å². The van der Waals surface area contributed by atoms with Gasteiger partial charge < -0.3 is 0 Å². The lowest BCUT2D eigenvalue weighted by molar-refractivity contribution is 0.798. The molecule has 2 nitrogen and oxygen atoms in total. The van der Waals surface area contributed by atoms with Crippen LogP contribution in [-0.2, 0) is 0 Å². The zero-order chi connectivity index (χ0) is 14.5. The molecule has 1 aromatic heterocycles. The van der Waals surface area contributed by atoms with E-state index in [1.807, 2.05) is 38.1 Å². The molecular formula is C15H24N2P2. The van der Waals surface area contributed by atoms with E-state index in [-0.39, 0.29) is 5.16 Å². The lowest BCUT2D eigenvalue weighted by Gasteiger charge is -2.19. The number of fused-ring (bicyclic) bond motifs is 1. The van der Waals surface area contributed by atoms with Crippen LogP contribution in [0.2, 0.25) is 0 Å². The summed E-state index contributed by atoms with van der Waals surface area (Å²) in [5.74, 6) is 0. The number of benzene rings is 1. The van der Waals surface area contributed by atoms with Crippen LogP contribution in [0.15, 0.2) is 24.3 Å². The molecule has 0 spiro atoms. The van der Waals surface area contributed by atoms with Crippen molar-refractivity contribution in [3.8, 4) is 0 Å². The molecule has 104 valence electrons. The highest BCUT2D eigenvalue weighted by atomic mass is 31.1. The van der Waals surface area contributed by atoms with Gasteiger partial charge in [-0.25, -0.2) is 9.97 Å². The van der Waals surface area contributed by atoms with Crippen LogP contribution in [0, 0.1) is 0 Å². The Morgan fingerprint density at radius 3 is 1.79 bits per heavy atom. The van der Waals surface area contributed by atoms with E-state index in [4.69, 9.17) is 9.97 Å². The third kappa shape index (κ3) is 4.79. The molecule has 1 heterocycles. The van der Waals surface area contributed by atoms with E-state index in [1.165, 1.54) is 10.9 Å². The largest absolute Gasteiger partial charge is 0.244 e. The molecule has 0 radical (unpaired) electrons. The first kappa shape index (κ1) is 16.5. The molecule has 2 atom stereocenters. The molecule has 2 rings (SSSR count). The Morgan fingerprint density at radius 1 is 0.895 bits per heavy atom. The van der Waals surface area contributed by atoms with Gasteiger partial charge in [0.1, 0.15) is 0 Å². The molecular weight excluding hydrogens is 270 g/mol. The van der Waals surface area contributed by atoms with Crippen molar-refractivity contribution >= 4 is 39.1 Å². The van der Waals surface area contributed by atoms with Crippen LogP contribution in [0.25, 0.3) is 11.0 Å². The molecule has 2 aromatic rings. The summed E-state index contributed by atoms with van der Waals surface area (Å²) in [4.78, 5) is 9.52. The zero-order valence-electron chi connectivity index (χ0n) is 12.7. The van der Waals surface area contributed by atoms with Gasteiger partial charge in [-0.05, 0) is 24.0 Å². The van der Waals surface area contributed by atoms with Crippen LogP contribution in [-0.4, -0.2) is 21.8 Å². The SMILES string of the molecule is CC.CPc1nc2ccccc2nc1PC(C)(C)C. The third-order valence-electron chi connectivity index (χ3n) is 2.30. The monoisotopic (exact) mass is 294 g/mol. The number of rotatable bonds is 2. The Bertz CT molecular complexity index is 533. The van der Waals surface area contributed by atoms with E-state index in [1.54, 1.807) is 0 Å². The number of hydrogen-bond donors (Lipinski definition) is 0. The van der Waals surface area contributed by atoms with Gasteiger partial charge in [0, 0.05) is 0 Å². The lowest BCUT2D eigenvalue weighted by atomic mass is 10.3. The van der Waals surface area contributed by atoms with Crippen molar-refractivity contribution < 1.29 is 0 Å². The van der Waals surface area contributed by atoms with Gasteiger partial charge in [-0.2, -0.15) is 0 Å². The van der Waals surface area contributed by atoms with Gasteiger partial charge in [-0.1, -0.05) is 63.9 Å². The molecule has 4 heteroatoms. The summed E-state index contributed by atoms with van der Waals surface area (Å²) in [5, 5.41) is 0.283. The molecule has 0 amide bonds. The summed E-state index contributed by atoms with van der Waals surface area (Å²) in [7, 11) is 1.43. The summed E-state index contributed by atoms with van der Waals surface area (Å²) in [6.07, 6.45) is 0. The molecule has 0 N–H and O–H groups in total. The summed E-state index contributed by atoms with van der Waals surface area (Å²) in [5.41, 5.74) is 4.40. The first-order valence-corrected chi connectivity index (χ1v) is 9.22. The average Bonchev–Trinajstić information content (AvgIpc) is 2.38. The average molecular weight is 294 g/mol. The van der Waals surface area contributed by atoms with Crippen molar-refractivity contribution in [2.24, 2.45) is 0 Å². The van der Waals surface area contributed by atoms with Crippen LogP contribution in [0.1, 0.15) is 34.6 Å². The van der Waals surface area contributed by atoms with Crippen molar-refractivity contribution in [2.75, 3.05) is 6.66 Å². The van der Waals surface area contributed by atoms with Gasteiger partial charge in [0.15, 0.2) is 0 Å². The highest BCUT2D eigenvalue weighted by molar-refractivity contribution is 7.54. The van der Waals surface area contributed by atoms with E-state index >= 15 is 0 Å². The minimum Gasteiger partial charge on any atom is -0.244 e. The second kappa shape index (κ2) is 7.27. The molecule has 0 bridgehead atoms. The summed E-state index contributed by atoms with van der Waals surface area (Å²) < 4.78 is 0. The van der Waals surface area contributed by atoms with Crippen LogP contribution in [0.5, 0.6) is 0 Å². The fraction of sp³-hybridized carbons (Fsp3) is 0.467. The van der Waals surface area contributed by atoms with Crippen molar-refractivity contribution in [3.63, 3.8) is 0 Å². The van der Waals surface area contributed by atoms with E-state index < -0.39 is 0 Å². The minimum atomic E-state index is 0.283. The maximum atomic E-state index is 4.79. The Kier molecular flexibility index (Phi) is 6.30. The molecule has 0 aliphatic rings. The van der Waals surface area contributed by atoms with Gasteiger partial charge in [-0.3, -0.25) is 0 Å². The minimum absolute atomic E-state index is 0.283. The van der Waals surface area contributed by atoms with Gasteiger partial charge in [-0.15, -0.1) is 0 Å². The summed E-state index contributed by atoms with van der Waals surface area (Å²) in [6, 6.07) is 8.12. The number of hydrogen-bond acceptors (Lipinski definition) is 2. The highest BCUT2D eigenvalue weighted by Gasteiger charge is 2.16. The van der Waals surface area contributed by atoms with Crippen LogP contribution >= 0.6 is 17.2 Å². The Morgan fingerprint density at radius 2 is 1.37 bits per heavy atom. The van der Waals surface area contributed by atoms with Gasteiger partial charge >= 0.3 is 0 Å². The molecule has 19 heavy (non-hydrogen) atoms. The van der Waals surface area contributed by atoms with Gasteiger partial charge in [0.05, 0.1) is 21.9 Å². The van der Waals surface area contributed by atoms with Crippen LogP contribution in [0.4, 0.5) is 0 Å². The maximum Gasteiger partial charge on any atom is 0.0894 e. The molecule has 0 fully saturated rings. The fourth-order valence-corrected chi connectivity index (χ4v) is 3.77. The second-order valence-electron chi connectivity index (χ2n) is 5.03. The predicted octanol–water partition coefficient (Wildman–Crippen LogP) is 3.69. The fourth-order valence-electron chi connectivity index (χ4n) is 1.62. The van der Waals surface area contributed by atoms with Gasteiger partial charge in [0.25, 0.3) is 0 Å². The number of aromatic nitrogens is 2. The van der Waals surface area contributed by atoms with Crippen LogP contribution < -0.4 is 10.9 Å². The summed E-state index contributed by atoms with van der Waals surface area (Å²) in [6.45, 7) is 12.9. The zero-order valence-corrected chi connectivity index (χ0v) is 14.7. The van der Waals surface area contributed by atoms with Gasteiger partial charge in [0.2, 0.25) is 0 Å². The van der Waals surface area contributed by atoms with Crippen LogP contribution in [0.3, 0.4) is 0 Å².